The normalized spacial score (nSPS) is 14.8. The van der Waals surface area contributed by atoms with Crippen molar-refractivity contribution in [1.82, 2.24) is 9.78 Å². The van der Waals surface area contributed by atoms with Gasteiger partial charge in [0.2, 0.25) is 0 Å². The fourth-order valence-electron chi connectivity index (χ4n) is 4.25. The molecule has 0 bridgehead atoms. The summed E-state index contributed by atoms with van der Waals surface area (Å²) in [4.78, 5) is 11.7. The van der Waals surface area contributed by atoms with E-state index in [4.69, 9.17) is 9.84 Å². The van der Waals surface area contributed by atoms with E-state index in [1.165, 1.54) is 38.5 Å². The van der Waals surface area contributed by atoms with Crippen molar-refractivity contribution >= 4 is 5.97 Å². The van der Waals surface area contributed by atoms with Gasteiger partial charge < -0.3 is 9.47 Å². The number of ether oxygens (including phenoxy) is 2. The van der Waals surface area contributed by atoms with E-state index in [0.29, 0.717) is 18.0 Å². The van der Waals surface area contributed by atoms with Gasteiger partial charge in [-0.3, -0.25) is 4.68 Å². The topological polar surface area (TPSA) is 53.4 Å². The maximum atomic E-state index is 12.5. The van der Waals surface area contributed by atoms with E-state index >= 15 is 0 Å². The van der Waals surface area contributed by atoms with Crippen molar-refractivity contribution in [1.29, 1.82) is 0 Å². The second-order valence-corrected chi connectivity index (χ2v) is 8.21. The van der Waals surface area contributed by atoms with Crippen LogP contribution in [0, 0.1) is 0 Å². The maximum Gasteiger partial charge on any atom is 0.573 e. The van der Waals surface area contributed by atoms with Gasteiger partial charge in [0.1, 0.15) is 5.75 Å². The molecule has 33 heavy (non-hydrogen) atoms. The number of alkyl halides is 3. The molecule has 0 radical (unpaired) electrons. The largest absolute Gasteiger partial charge is 0.573 e. The Morgan fingerprint density at radius 3 is 2.30 bits per heavy atom. The summed E-state index contributed by atoms with van der Waals surface area (Å²) in [5.74, 6) is -0.279. The highest BCUT2D eigenvalue weighted by Gasteiger charge is 2.31. The monoisotopic (exact) mass is 458 g/mol. The van der Waals surface area contributed by atoms with E-state index in [-0.39, 0.29) is 5.75 Å². The molecule has 1 heterocycles. The third-order valence-electron chi connectivity index (χ3n) is 5.91. The molecule has 0 aliphatic heterocycles. The Morgan fingerprint density at radius 1 is 1.03 bits per heavy atom. The third-order valence-corrected chi connectivity index (χ3v) is 5.91. The first kappa shape index (κ1) is 22.9. The van der Waals surface area contributed by atoms with Crippen molar-refractivity contribution in [2.75, 3.05) is 7.11 Å². The second kappa shape index (κ2) is 9.68. The number of benzene rings is 2. The summed E-state index contributed by atoms with van der Waals surface area (Å²) >= 11 is 0. The average Bonchev–Trinajstić information content (AvgIpc) is 3.23. The van der Waals surface area contributed by atoms with Crippen LogP contribution in [0.1, 0.15) is 59.6 Å². The molecule has 2 aromatic carbocycles. The molecule has 0 N–H and O–H groups in total. The molecule has 0 amide bonds. The molecule has 1 aliphatic rings. The highest BCUT2D eigenvalue weighted by molar-refractivity contribution is 5.89. The molecule has 1 saturated carbocycles. The number of hydrogen-bond acceptors (Lipinski definition) is 4. The Hall–Kier alpha value is -3.29. The van der Waals surface area contributed by atoms with Crippen molar-refractivity contribution in [2.45, 2.75) is 50.9 Å². The van der Waals surface area contributed by atoms with Crippen LogP contribution in [0.2, 0.25) is 0 Å². The number of nitrogens with zero attached hydrogens (tertiary/aromatic N) is 2. The number of carbonyl (C=O) groups excluding carboxylic acids is 1. The summed E-state index contributed by atoms with van der Waals surface area (Å²) in [6, 6.07) is 15.0. The van der Waals surface area contributed by atoms with Crippen LogP contribution in [-0.2, 0) is 11.3 Å². The minimum Gasteiger partial charge on any atom is -0.465 e. The molecule has 5 nitrogen and oxygen atoms in total. The Bertz CT molecular complexity index is 1080. The number of aromatic nitrogens is 2. The van der Waals surface area contributed by atoms with Crippen LogP contribution < -0.4 is 4.74 Å². The van der Waals surface area contributed by atoms with E-state index in [2.05, 4.69) is 4.74 Å². The van der Waals surface area contributed by atoms with E-state index < -0.39 is 12.3 Å². The third kappa shape index (κ3) is 5.74. The molecule has 0 spiro atoms. The van der Waals surface area contributed by atoms with Gasteiger partial charge in [0, 0.05) is 11.5 Å². The lowest BCUT2D eigenvalue weighted by atomic mass is 9.87. The molecule has 1 aliphatic carbocycles. The molecule has 4 rings (SSSR count). The maximum absolute atomic E-state index is 12.5. The molecule has 0 atom stereocenters. The fourth-order valence-corrected chi connectivity index (χ4v) is 4.25. The van der Waals surface area contributed by atoms with Gasteiger partial charge in [-0.2, -0.15) is 5.10 Å². The first-order valence-corrected chi connectivity index (χ1v) is 10.9. The van der Waals surface area contributed by atoms with E-state index in [9.17, 15) is 18.0 Å². The SMILES string of the molecule is COC(=O)c1ccc(Cn2nc(C3CCCCC3)cc2-c2ccc(OC(F)(F)F)cc2)cc1. The highest BCUT2D eigenvalue weighted by Crippen LogP contribution is 2.35. The lowest BCUT2D eigenvalue weighted by Crippen LogP contribution is -2.16. The summed E-state index contributed by atoms with van der Waals surface area (Å²) in [5.41, 5.74) is 3.99. The van der Waals surface area contributed by atoms with Crippen LogP contribution >= 0.6 is 0 Å². The molecule has 0 saturated heterocycles. The molecular formula is C25H25F3N2O3. The van der Waals surface area contributed by atoms with Crippen molar-refractivity contribution in [3.8, 4) is 17.0 Å². The number of rotatable bonds is 6. The van der Waals surface area contributed by atoms with Crippen LogP contribution in [0.15, 0.2) is 54.6 Å². The molecule has 3 aromatic rings. The summed E-state index contributed by atoms with van der Waals surface area (Å²) in [5, 5.41) is 4.87. The van der Waals surface area contributed by atoms with Crippen LogP contribution in [0.3, 0.4) is 0 Å². The Balaban J connectivity index is 1.63. The summed E-state index contributed by atoms with van der Waals surface area (Å²) in [7, 11) is 1.34. The number of halogens is 3. The quantitative estimate of drug-likeness (QED) is 0.405. The molecule has 1 fully saturated rings. The summed E-state index contributed by atoms with van der Waals surface area (Å²) < 4.78 is 48.2. The molecule has 174 valence electrons. The number of hydrogen-bond donors (Lipinski definition) is 0. The predicted octanol–water partition coefficient (Wildman–Crippen LogP) is 6.33. The average molecular weight is 458 g/mol. The van der Waals surface area contributed by atoms with Gasteiger partial charge in [-0.1, -0.05) is 31.4 Å². The lowest BCUT2D eigenvalue weighted by molar-refractivity contribution is -0.274. The van der Waals surface area contributed by atoms with E-state index in [1.807, 2.05) is 22.9 Å². The zero-order valence-corrected chi connectivity index (χ0v) is 18.3. The van der Waals surface area contributed by atoms with E-state index in [1.54, 1.807) is 24.3 Å². The molecule has 1 aromatic heterocycles. The molecule has 0 unspecified atom stereocenters. The summed E-state index contributed by atoms with van der Waals surface area (Å²) in [6.07, 6.45) is 1.02. The lowest BCUT2D eigenvalue weighted by Gasteiger charge is -2.19. The first-order chi connectivity index (χ1) is 15.8. The Labute approximate surface area is 190 Å². The Kier molecular flexibility index (Phi) is 6.72. The van der Waals surface area contributed by atoms with Crippen LogP contribution in [-0.4, -0.2) is 29.2 Å². The number of carbonyl (C=O) groups is 1. The Morgan fingerprint density at radius 2 is 1.70 bits per heavy atom. The van der Waals surface area contributed by atoms with Crippen molar-refractivity contribution in [3.63, 3.8) is 0 Å². The van der Waals surface area contributed by atoms with E-state index in [0.717, 1.165) is 35.4 Å². The van der Waals surface area contributed by atoms with Gasteiger partial charge in [0.15, 0.2) is 0 Å². The van der Waals surface area contributed by atoms with Crippen molar-refractivity contribution in [2.24, 2.45) is 0 Å². The van der Waals surface area contributed by atoms with Gasteiger partial charge >= 0.3 is 12.3 Å². The summed E-state index contributed by atoms with van der Waals surface area (Å²) in [6.45, 7) is 0.463. The van der Waals surface area contributed by atoms with Gasteiger partial charge in [-0.05, 0) is 60.9 Å². The minimum absolute atomic E-state index is 0.261. The zero-order chi connectivity index (χ0) is 23.4. The standard InChI is InChI=1S/C25H25F3N2O3/c1-32-24(31)20-9-7-17(8-10-20)16-30-23(15-22(29-30)18-5-3-2-4-6-18)19-11-13-21(14-12-19)33-25(26,27)28/h7-15,18H,2-6,16H2,1H3. The highest BCUT2D eigenvalue weighted by atomic mass is 19.4. The van der Waals surface area contributed by atoms with Crippen molar-refractivity contribution < 1.29 is 27.4 Å². The number of esters is 1. The first-order valence-electron chi connectivity index (χ1n) is 10.9. The zero-order valence-electron chi connectivity index (χ0n) is 18.3. The molecular weight excluding hydrogens is 433 g/mol. The van der Waals surface area contributed by atoms with Crippen molar-refractivity contribution in [3.05, 3.63) is 71.4 Å². The van der Waals surface area contributed by atoms with Gasteiger partial charge in [-0.15, -0.1) is 13.2 Å². The smallest absolute Gasteiger partial charge is 0.465 e. The fraction of sp³-hybridized carbons (Fsp3) is 0.360. The minimum atomic E-state index is -4.73. The van der Waals surface area contributed by atoms with Crippen LogP contribution in [0.4, 0.5) is 13.2 Å². The molecule has 8 heteroatoms. The van der Waals surface area contributed by atoms with Gasteiger partial charge in [0.05, 0.1) is 30.6 Å². The predicted molar refractivity (Wildman–Crippen MR) is 117 cm³/mol. The second-order valence-electron chi connectivity index (χ2n) is 8.21. The van der Waals surface area contributed by atoms with Gasteiger partial charge in [-0.25, -0.2) is 4.79 Å². The van der Waals surface area contributed by atoms with Crippen LogP contribution in [0.25, 0.3) is 11.3 Å². The van der Waals surface area contributed by atoms with Crippen LogP contribution in [0.5, 0.6) is 5.75 Å². The number of methoxy groups -OCH3 is 1. The van der Waals surface area contributed by atoms with Gasteiger partial charge in [0.25, 0.3) is 0 Å².